The summed E-state index contributed by atoms with van der Waals surface area (Å²) in [6.45, 7) is 6.21. The largest absolute Gasteiger partial charge is 0.459 e. The number of aromatic amines is 1. The number of hydrogen-bond acceptors (Lipinski definition) is 6. The molecule has 0 saturated heterocycles. The van der Waals surface area contributed by atoms with Gasteiger partial charge < -0.3 is 19.8 Å². The van der Waals surface area contributed by atoms with Gasteiger partial charge in [-0.3, -0.25) is 4.79 Å². The number of rotatable bonds is 8. The van der Waals surface area contributed by atoms with Crippen LogP contribution in [-0.4, -0.2) is 35.5 Å². The van der Waals surface area contributed by atoms with E-state index in [0.29, 0.717) is 16.8 Å². The van der Waals surface area contributed by atoms with E-state index in [0.717, 1.165) is 4.88 Å². The summed E-state index contributed by atoms with van der Waals surface area (Å²) < 4.78 is 23.7. The molecule has 3 aromatic rings. The molecule has 0 fully saturated rings. The zero-order chi connectivity index (χ0) is 24.1. The normalized spacial score (nSPS) is 11.8. The van der Waals surface area contributed by atoms with E-state index in [2.05, 4.69) is 10.3 Å². The Balaban J connectivity index is 1.68. The van der Waals surface area contributed by atoms with E-state index in [4.69, 9.17) is 9.47 Å². The fourth-order valence-electron chi connectivity index (χ4n) is 3.37. The summed E-state index contributed by atoms with van der Waals surface area (Å²) in [5.41, 5.74) is 1.93. The van der Waals surface area contributed by atoms with Crippen LogP contribution < -0.4 is 5.32 Å². The summed E-state index contributed by atoms with van der Waals surface area (Å²) >= 11 is 1.44. The zero-order valence-electron chi connectivity index (χ0n) is 18.7. The van der Waals surface area contributed by atoms with Crippen LogP contribution in [0.15, 0.2) is 41.8 Å². The summed E-state index contributed by atoms with van der Waals surface area (Å²) in [5.74, 6) is -2.20. The third kappa shape index (κ3) is 5.87. The first kappa shape index (κ1) is 24.2. The van der Waals surface area contributed by atoms with Crippen molar-refractivity contribution < 1.29 is 28.2 Å². The second-order valence-electron chi connectivity index (χ2n) is 7.72. The van der Waals surface area contributed by atoms with E-state index in [1.165, 1.54) is 23.5 Å². The van der Waals surface area contributed by atoms with Gasteiger partial charge in [0.15, 0.2) is 6.61 Å². The summed E-state index contributed by atoms with van der Waals surface area (Å²) in [5, 5.41) is 4.69. The van der Waals surface area contributed by atoms with Crippen molar-refractivity contribution in [3.8, 4) is 0 Å². The van der Waals surface area contributed by atoms with Gasteiger partial charge in [0, 0.05) is 10.6 Å². The monoisotopic (exact) mass is 472 g/mol. The maximum Gasteiger partial charge on any atom is 0.355 e. The number of carbonyl (C=O) groups excluding carboxylic acids is 3. The van der Waals surface area contributed by atoms with E-state index in [9.17, 15) is 18.8 Å². The van der Waals surface area contributed by atoms with Crippen LogP contribution in [0.4, 0.5) is 4.39 Å². The number of H-pyrrole nitrogens is 1. The number of thiophene rings is 1. The predicted molar refractivity (Wildman–Crippen MR) is 122 cm³/mol. The first-order valence-corrected chi connectivity index (χ1v) is 11.2. The minimum absolute atomic E-state index is 0.0874. The van der Waals surface area contributed by atoms with Crippen LogP contribution in [-0.2, 0) is 14.3 Å². The molecule has 0 aliphatic heterocycles. The molecule has 33 heavy (non-hydrogen) atoms. The molecular formula is C24H25FN2O5S. The average Bonchev–Trinajstić information content (AvgIpc) is 3.38. The Kier molecular flexibility index (Phi) is 7.65. The van der Waals surface area contributed by atoms with Gasteiger partial charge >= 0.3 is 11.9 Å². The van der Waals surface area contributed by atoms with Gasteiger partial charge in [0.2, 0.25) is 0 Å². The average molecular weight is 473 g/mol. The highest BCUT2D eigenvalue weighted by Gasteiger charge is 2.25. The maximum absolute atomic E-state index is 13.3. The van der Waals surface area contributed by atoms with Crippen LogP contribution in [0.25, 0.3) is 0 Å². The van der Waals surface area contributed by atoms with Gasteiger partial charge in [0.05, 0.1) is 17.7 Å². The molecule has 1 atom stereocenters. The summed E-state index contributed by atoms with van der Waals surface area (Å²) in [6.07, 6.45) is -0.303. The molecular weight excluding hydrogens is 447 g/mol. The lowest BCUT2D eigenvalue weighted by atomic mass is 10.1. The highest BCUT2D eigenvalue weighted by molar-refractivity contribution is 7.10. The Morgan fingerprint density at radius 1 is 1.09 bits per heavy atom. The Bertz CT molecular complexity index is 1140. The Hall–Kier alpha value is -3.46. The highest BCUT2D eigenvalue weighted by Crippen LogP contribution is 2.26. The second kappa shape index (κ2) is 10.4. The van der Waals surface area contributed by atoms with Crippen molar-refractivity contribution in [2.75, 3.05) is 6.61 Å². The molecule has 0 aliphatic rings. The molecule has 0 aliphatic carbocycles. The van der Waals surface area contributed by atoms with E-state index >= 15 is 0 Å². The number of esters is 2. The Labute approximate surface area is 194 Å². The van der Waals surface area contributed by atoms with Crippen LogP contribution >= 0.6 is 11.3 Å². The van der Waals surface area contributed by atoms with Crippen molar-refractivity contribution >= 4 is 29.2 Å². The number of benzene rings is 1. The third-order valence-corrected chi connectivity index (χ3v) is 5.80. The molecule has 2 N–H and O–H groups in total. The van der Waals surface area contributed by atoms with E-state index < -0.39 is 30.5 Å². The van der Waals surface area contributed by atoms with Gasteiger partial charge in [-0.2, -0.15) is 0 Å². The van der Waals surface area contributed by atoms with Crippen molar-refractivity contribution in [1.82, 2.24) is 10.3 Å². The quantitative estimate of drug-likeness (QED) is 0.472. The van der Waals surface area contributed by atoms with E-state index in [1.807, 2.05) is 17.5 Å². The molecule has 174 valence electrons. The van der Waals surface area contributed by atoms with Crippen molar-refractivity contribution in [2.45, 2.75) is 39.8 Å². The smallest absolute Gasteiger partial charge is 0.355 e. The number of carbonyl (C=O) groups is 3. The van der Waals surface area contributed by atoms with Crippen LogP contribution in [0, 0.1) is 19.7 Å². The fourth-order valence-corrected chi connectivity index (χ4v) is 4.17. The number of hydrogen-bond donors (Lipinski definition) is 2. The summed E-state index contributed by atoms with van der Waals surface area (Å²) in [6, 6.07) is 9.02. The van der Waals surface area contributed by atoms with Crippen LogP contribution in [0.3, 0.4) is 0 Å². The van der Waals surface area contributed by atoms with Gasteiger partial charge in [-0.15, -0.1) is 11.3 Å². The second-order valence-corrected chi connectivity index (χ2v) is 8.70. The molecule has 3 rings (SSSR count). The number of amides is 1. The first-order valence-electron chi connectivity index (χ1n) is 10.3. The molecule has 1 unspecified atom stereocenters. The van der Waals surface area contributed by atoms with Gasteiger partial charge in [0.1, 0.15) is 11.5 Å². The molecule has 2 heterocycles. The molecule has 0 saturated carbocycles. The van der Waals surface area contributed by atoms with Crippen molar-refractivity contribution in [2.24, 2.45) is 0 Å². The molecule has 1 amide bonds. The fraction of sp³-hybridized carbons (Fsp3) is 0.292. The lowest BCUT2D eigenvalue weighted by molar-refractivity contribution is -0.124. The summed E-state index contributed by atoms with van der Waals surface area (Å²) in [4.78, 5) is 41.1. The van der Waals surface area contributed by atoms with Crippen LogP contribution in [0.1, 0.15) is 62.4 Å². The standard InChI is InChI=1S/C24H25FN2O5S/c1-13(2)32-23(29)20-14(3)21(26-15(20)4)24(30)31-12-19(28)27-22(18-6-5-11-33-18)16-7-9-17(25)10-8-16/h5-11,13,22,26H,12H2,1-4H3,(H,27,28). The first-order chi connectivity index (χ1) is 15.7. The molecule has 9 heteroatoms. The van der Waals surface area contributed by atoms with Gasteiger partial charge in [-0.25, -0.2) is 14.0 Å². The van der Waals surface area contributed by atoms with Crippen molar-refractivity contribution in [3.05, 3.63) is 80.6 Å². The molecule has 0 bridgehead atoms. The maximum atomic E-state index is 13.3. The molecule has 7 nitrogen and oxygen atoms in total. The Morgan fingerprint density at radius 3 is 2.39 bits per heavy atom. The van der Waals surface area contributed by atoms with Crippen molar-refractivity contribution in [1.29, 1.82) is 0 Å². The van der Waals surface area contributed by atoms with E-state index in [1.54, 1.807) is 39.8 Å². The minimum atomic E-state index is -0.760. The number of aryl methyl sites for hydroxylation is 1. The third-order valence-electron chi connectivity index (χ3n) is 4.86. The molecule has 2 aromatic heterocycles. The zero-order valence-corrected chi connectivity index (χ0v) is 19.5. The SMILES string of the molecule is Cc1[nH]c(C(=O)OCC(=O)NC(c2ccc(F)cc2)c2cccs2)c(C)c1C(=O)OC(C)C. The summed E-state index contributed by atoms with van der Waals surface area (Å²) in [7, 11) is 0. The van der Waals surface area contributed by atoms with Crippen LogP contribution in [0.5, 0.6) is 0 Å². The lowest BCUT2D eigenvalue weighted by Gasteiger charge is -2.18. The van der Waals surface area contributed by atoms with Crippen molar-refractivity contribution in [3.63, 3.8) is 0 Å². The number of halogens is 1. The Morgan fingerprint density at radius 2 is 1.79 bits per heavy atom. The molecule has 0 spiro atoms. The van der Waals surface area contributed by atoms with E-state index in [-0.39, 0.29) is 23.2 Å². The lowest BCUT2D eigenvalue weighted by Crippen LogP contribution is -2.32. The topological polar surface area (TPSA) is 97.5 Å². The van der Waals surface area contributed by atoms with Gasteiger partial charge in [0.25, 0.3) is 5.91 Å². The molecule has 1 aromatic carbocycles. The number of ether oxygens (including phenoxy) is 2. The predicted octanol–water partition coefficient (Wildman–Crippen LogP) is 4.46. The van der Waals surface area contributed by atoms with Gasteiger partial charge in [-0.05, 0) is 62.4 Å². The highest BCUT2D eigenvalue weighted by atomic mass is 32.1. The van der Waals surface area contributed by atoms with Crippen LogP contribution in [0.2, 0.25) is 0 Å². The van der Waals surface area contributed by atoms with Gasteiger partial charge in [-0.1, -0.05) is 18.2 Å². The molecule has 0 radical (unpaired) electrons. The number of nitrogens with one attached hydrogen (secondary N) is 2. The minimum Gasteiger partial charge on any atom is -0.459 e. The number of aromatic nitrogens is 1.